The Morgan fingerprint density at radius 1 is 1.25 bits per heavy atom. The van der Waals surface area contributed by atoms with Gasteiger partial charge in [-0.2, -0.15) is 0 Å². The molecule has 2 amide bonds. The molecule has 2 N–H and O–H groups in total. The molecule has 2 rings (SSSR count). The van der Waals surface area contributed by atoms with Crippen LogP contribution in [0.3, 0.4) is 0 Å². The Morgan fingerprint density at radius 2 is 2.00 bits per heavy atom. The molecule has 2 aromatic rings. The molecule has 0 aromatic heterocycles. The van der Waals surface area contributed by atoms with Crippen LogP contribution in [0, 0.1) is 6.92 Å². The van der Waals surface area contributed by atoms with E-state index in [2.05, 4.69) is 16.7 Å². The first-order valence-electron chi connectivity index (χ1n) is 6.66. The molecule has 0 aliphatic carbocycles. The van der Waals surface area contributed by atoms with Crippen molar-refractivity contribution in [3.8, 4) is 0 Å². The molecular weight excluding hydrogens is 252 g/mol. The highest BCUT2D eigenvalue weighted by atomic mass is 16.5. The number of nitrogens with one attached hydrogen (secondary N) is 2. The molecule has 2 aromatic carbocycles. The minimum Gasteiger partial charge on any atom is -0.383 e. The minimum absolute atomic E-state index is 0.0321. The summed E-state index contributed by atoms with van der Waals surface area (Å²) in [5.74, 6) is 0. The lowest BCUT2D eigenvalue weighted by Gasteiger charge is -2.16. The lowest BCUT2D eigenvalue weighted by atomic mass is 10.0. The second-order valence-corrected chi connectivity index (χ2v) is 4.93. The first-order valence-corrected chi connectivity index (χ1v) is 6.66. The van der Waals surface area contributed by atoms with E-state index in [0.717, 1.165) is 22.0 Å². The van der Waals surface area contributed by atoms with Crippen molar-refractivity contribution in [2.45, 2.75) is 19.9 Å². The van der Waals surface area contributed by atoms with Gasteiger partial charge >= 0.3 is 6.03 Å². The standard InChI is InChI=1S/C16H20N2O2/c1-11-8-9-13-6-4-5-7-14(13)15(11)18-16(19)17-12(2)10-20-3/h4-9,12H,10H2,1-3H3,(H2,17,18,19). The maximum absolute atomic E-state index is 12.0. The van der Waals surface area contributed by atoms with Crippen molar-refractivity contribution >= 4 is 22.5 Å². The zero-order valence-corrected chi connectivity index (χ0v) is 12.1. The van der Waals surface area contributed by atoms with Crippen molar-refractivity contribution < 1.29 is 9.53 Å². The van der Waals surface area contributed by atoms with E-state index in [4.69, 9.17) is 4.74 Å². The Balaban J connectivity index is 2.20. The van der Waals surface area contributed by atoms with Crippen LogP contribution in [0.5, 0.6) is 0 Å². The van der Waals surface area contributed by atoms with Gasteiger partial charge < -0.3 is 15.4 Å². The summed E-state index contributed by atoms with van der Waals surface area (Å²) >= 11 is 0. The summed E-state index contributed by atoms with van der Waals surface area (Å²) in [4.78, 5) is 12.0. The number of carbonyl (C=O) groups is 1. The molecule has 0 aliphatic rings. The molecule has 0 heterocycles. The van der Waals surface area contributed by atoms with Crippen LogP contribution in [-0.4, -0.2) is 25.8 Å². The van der Waals surface area contributed by atoms with Crippen molar-refractivity contribution in [3.05, 3.63) is 42.0 Å². The number of fused-ring (bicyclic) bond motifs is 1. The number of carbonyl (C=O) groups excluding carboxylic acids is 1. The summed E-state index contributed by atoms with van der Waals surface area (Å²) < 4.78 is 5.01. The molecule has 4 nitrogen and oxygen atoms in total. The third-order valence-corrected chi connectivity index (χ3v) is 3.17. The fraction of sp³-hybridized carbons (Fsp3) is 0.312. The van der Waals surface area contributed by atoms with E-state index in [9.17, 15) is 4.79 Å². The average molecular weight is 272 g/mol. The molecule has 4 heteroatoms. The van der Waals surface area contributed by atoms with Gasteiger partial charge in [-0.15, -0.1) is 0 Å². The quantitative estimate of drug-likeness (QED) is 0.897. The van der Waals surface area contributed by atoms with Crippen molar-refractivity contribution in [2.75, 3.05) is 19.0 Å². The van der Waals surface area contributed by atoms with Crippen LogP contribution in [0.2, 0.25) is 0 Å². The van der Waals surface area contributed by atoms with Gasteiger partial charge in [0.05, 0.1) is 18.3 Å². The summed E-state index contributed by atoms with van der Waals surface area (Å²) in [5, 5.41) is 7.94. The molecule has 0 radical (unpaired) electrons. The number of benzene rings is 2. The zero-order chi connectivity index (χ0) is 14.5. The van der Waals surface area contributed by atoms with Crippen LogP contribution >= 0.6 is 0 Å². The van der Waals surface area contributed by atoms with E-state index < -0.39 is 0 Å². The number of amides is 2. The van der Waals surface area contributed by atoms with Crippen LogP contribution < -0.4 is 10.6 Å². The first-order chi connectivity index (χ1) is 9.61. The van der Waals surface area contributed by atoms with E-state index in [1.165, 1.54) is 0 Å². The Labute approximate surface area is 119 Å². The molecule has 0 saturated carbocycles. The highest BCUT2D eigenvalue weighted by Crippen LogP contribution is 2.26. The molecule has 1 unspecified atom stereocenters. The lowest BCUT2D eigenvalue weighted by Crippen LogP contribution is -2.38. The fourth-order valence-corrected chi connectivity index (χ4v) is 2.21. The van der Waals surface area contributed by atoms with Gasteiger partial charge in [-0.1, -0.05) is 36.4 Å². The highest BCUT2D eigenvalue weighted by molar-refractivity contribution is 6.02. The van der Waals surface area contributed by atoms with Crippen molar-refractivity contribution in [1.29, 1.82) is 0 Å². The molecule has 0 saturated heterocycles. The van der Waals surface area contributed by atoms with Crippen LogP contribution in [0.4, 0.5) is 10.5 Å². The molecule has 1 atom stereocenters. The van der Waals surface area contributed by atoms with Crippen molar-refractivity contribution in [3.63, 3.8) is 0 Å². The second-order valence-electron chi connectivity index (χ2n) is 4.93. The Bertz CT molecular complexity index is 610. The fourth-order valence-electron chi connectivity index (χ4n) is 2.21. The first kappa shape index (κ1) is 14.3. The number of rotatable bonds is 4. The molecular formula is C16H20N2O2. The Kier molecular flexibility index (Phi) is 4.58. The van der Waals surface area contributed by atoms with Crippen LogP contribution in [0.15, 0.2) is 36.4 Å². The summed E-state index contributed by atoms with van der Waals surface area (Å²) in [6, 6.07) is 11.8. The van der Waals surface area contributed by atoms with Crippen LogP contribution in [0.1, 0.15) is 12.5 Å². The largest absolute Gasteiger partial charge is 0.383 e. The molecule has 0 aliphatic heterocycles. The molecule has 20 heavy (non-hydrogen) atoms. The highest BCUT2D eigenvalue weighted by Gasteiger charge is 2.10. The van der Waals surface area contributed by atoms with Gasteiger partial charge in [0.2, 0.25) is 0 Å². The average Bonchev–Trinajstić information content (AvgIpc) is 2.42. The zero-order valence-electron chi connectivity index (χ0n) is 12.1. The number of hydrogen-bond acceptors (Lipinski definition) is 2. The Hall–Kier alpha value is -2.07. The van der Waals surface area contributed by atoms with Crippen LogP contribution in [0.25, 0.3) is 10.8 Å². The van der Waals surface area contributed by atoms with Gasteiger partial charge in [0.25, 0.3) is 0 Å². The van der Waals surface area contributed by atoms with Gasteiger partial charge in [-0.25, -0.2) is 4.79 Å². The number of methoxy groups -OCH3 is 1. The SMILES string of the molecule is COCC(C)NC(=O)Nc1c(C)ccc2ccccc12. The summed E-state index contributed by atoms with van der Waals surface area (Å²) in [7, 11) is 1.62. The summed E-state index contributed by atoms with van der Waals surface area (Å²) in [5.41, 5.74) is 1.89. The van der Waals surface area contributed by atoms with Gasteiger partial charge in [0, 0.05) is 12.5 Å². The monoisotopic (exact) mass is 272 g/mol. The van der Waals surface area contributed by atoms with Crippen LogP contribution in [-0.2, 0) is 4.74 Å². The maximum Gasteiger partial charge on any atom is 0.319 e. The van der Waals surface area contributed by atoms with E-state index in [-0.39, 0.29) is 12.1 Å². The predicted molar refractivity (Wildman–Crippen MR) is 82.2 cm³/mol. The number of anilines is 1. The van der Waals surface area contributed by atoms with Gasteiger partial charge in [-0.3, -0.25) is 0 Å². The molecule has 106 valence electrons. The van der Waals surface area contributed by atoms with E-state index in [1.807, 2.05) is 44.2 Å². The van der Waals surface area contributed by atoms with Gasteiger partial charge in [-0.05, 0) is 24.8 Å². The smallest absolute Gasteiger partial charge is 0.319 e. The molecule has 0 fully saturated rings. The van der Waals surface area contributed by atoms with E-state index in [1.54, 1.807) is 7.11 Å². The third kappa shape index (κ3) is 3.27. The number of hydrogen-bond donors (Lipinski definition) is 2. The number of ether oxygens (including phenoxy) is 1. The minimum atomic E-state index is -0.214. The summed E-state index contributed by atoms with van der Waals surface area (Å²) in [6.45, 7) is 4.38. The van der Waals surface area contributed by atoms with Crippen molar-refractivity contribution in [2.24, 2.45) is 0 Å². The van der Waals surface area contributed by atoms with E-state index in [0.29, 0.717) is 6.61 Å². The number of urea groups is 1. The number of aryl methyl sites for hydroxylation is 1. The predicted octanol–water partition coefficient (Wildman–Crippen LogP) is 3.30. The Morgan fingerprint density at radius 3 is 2.75 bits per heavy atom. The molecule has 0 bridgehead atoms. The van der Waals surface area contributed by atoms with Crippen molar-refractivity contribution in [1.82, 2.24) is 5.32 Å². The maximum atomic E-state index is 12.0. The molecule has 0 spiro atoms. The topological polar surface area (TPSA) is 50.4 Å². The van der Waals surface area contributed by atoms with Gasteiger partial charge in [0.15, 0.2) is 0 Å². The van der Waals surface area contributed by atoms with Gasteiger partial charge in [0.1, 0.15) is 0 Å². The normalized spacial score (nSPS) is 12.2. The summed E-state index contributed by atoms with van der Waals surface area (Å²) in [6.07, 6.45) is 0. The lowest BCUT2D eigenvalue weighted by molar-refractivity contribution is 0.173. The third-order valence-electron chi connectivity index (χ3n) is 3.17. The van der Waals surface area contributed by atoms with E-state index >= 15 is 0 Å². The second kappa shape index (κ2) is 6.39.